The zero-order chi connectivity index (χ0) is 17.3. The molecule has 0 amide bonds. The molecule has 2 aromatic rings. The smallest absolute Gasteiger partial charge is 0.346 e. The summed E-state index contributed by atoms with van der Waals surface area (Å²) in [5.41, 5.74) is 14.3. The maximum absolute atomic E-state index is 11.7. The highest BCUT2D eigenvalue weighted by molar-refractivity contribution is 7.18. The van der Waals surface area contributed by atoms with Gasteiger partial charge in [-0.25, -0.2) is 4.79 Å². The van der Waals surface area contributed by atoms with Crippen molar-refractivity contribution in [3.63, 3.8) is 0 Å². The molecular weight excluding hydrogens is 350 g/mol. The molecule has 1 aliphatic heterocycles. The number of carbonyl (C=O) groups is 1. The summed E-state index contributed by atoms with van der Waals surface area (Å²) in [6.45, 7) is 2.55. The van der Waals surface area contributed by atoms with Crippen LogP contribution in [-0.2, 0) is 4.74 Å². The van der Waals surface area contributed by atoms with Crippen molar-refractivity contribution in [3.05, 3.63) is 45.3 Å². The predicted molar refractivity (Wildman–Crippen MR) is 96.2 cm³/mol. The Balaban J connectivity index is 2.03. The van der Waals surface area contributed by atoms with Crippen molar-refractivity contribution < 1.29 is 14.6 Å². The van der Waals surface area contributed by atoms with Crippen LogP contribution >= 0.6 is 22.9 Å². The number of hydrogen-bond acceptors (Lipinski definition) is 6. The Morgan fingerprint density at radius 1 is 1.29 bits per heavy atom. The number of nitrogen functional groups attached to an aromatic ring is 1. The Kier molecular flexibility index (Phi) is 4.96. The number of aromatic carboxylic acids is 1. The normalized spacial score (nSPS) is 16.2. The van der Waals surface area contributed by atoms with Gasteiger partial charge >= 0.3 is 5.97 Å². The van der Waals surface area contributed by atoms with Crippen molar-refractivity contribution in [2.45, 2.75) is 6.04 Å². The molecule has 128 valence electrons. The van der Waals surface area contributed by atoms with Crippen molar-refractivity contribution in [2.24, 2.45) is 5.73 Å². The van der Waals surface area contributed by atoms with Crippen LogP contribution < -0.4 is 16.4 Å². The lowest BCUT2D eigenvalue weighted by Crippen LogP contribution is -2.36. The highest BCUT2D eigenvalue weighted by Gasteiger charge is 2.29. The van der Waals surface area contributed by atoms with E-state index < -0.39 is 12.0 Å². The molecule has 0 saturated carbocycles. The van der Waals surface area contributed by atoms with E-state index in [1.54, 1.807) is 24.3 Å². The number of morpholine rings is 1. The zero-order valence-corrected chi connectivity index (χ0v) is 14.4. The molecule has 1 aromatic carbocycles. The van der Waals surface area contributed by atoms with Crippen LogP contribution in [0.2, 0.25) is 5.02 Å². The largest absolute Gasteiger partial charge is 0.477 e. The van der Waals surface area contributed by atoms with Gasteiger partial charge in [0.1, 0.15) is 9.88 Å². The number of anilines is 2. The topological polar surface area (TPSA) is 102 Å². The Hall–Kier alpha value is -1.80. The third-order valence-corrected chi connectivity index (χ3v) is 5.52. The van der Waals surface area contributed by atoms with Crippen molar-refractivity contribution in [1.29, 1.82) is 0 Å². The van der Waals surface area contributed by atoms with E-state index in [4.69, 9.17) is 27.8 Å². The number of nitrogens with zero attached hydrogens (tertiary/aromatic N) is 1. The van der Waals surface area contributed by atoms with Crippen LogP contribution in [0.4, 0.5) is 10.7 Å². The first-order valence-electron chi connectivity index (χ1n) is 7.48. The highest BCUT2D eigenvalue weighted by Crippen LogP contribution is 2.43. The van der Waals surface area contributed by atoms with Gasteiger partial charge in [0.25, 0.3) is 0 Å². The van der Waals surface area contributed by atoms with Crippen LogP contribution in [0.1, 0.15) is 26.8 Å². The van der Waals surface area contributed by atoms with Crippen LogP contribution in [0.5, 0.6) is 0 Å². The van der Waals surface area contributed by atoms with Gasteiger partial charge in [-0.15, -0.1) is 11.3 Å². The van der Waals surface area contributed by atoms with Gasteiger partial charge in [-0.05, 0) is 17.7 Å². The van der Waals surface area contributed by atoms with Gasteiger partial charge in [-0.3, -0.25) is 0 Å². The van der Waals surface area contributed by atoms with Gasteiger partial charge in [0, 0.05) is 23.7 Å². The van der Waals surface area contributed by atoms with Crippen molar-refractivity contribution in [2.75, 3.05) is 36.9 Å². The number of carboxylic acid groups (broad SMARTS) is 1. The van der Waals surface area contributed by atoms with Crippen molar-refractivity contribution >= 4 is 39.6 Å². The second-order valence-electron chi connectivity index (χ2n) is 5.50. The van der Waals surface area contributed by atoms with Crippen LogP contribution in [0, 0.1) is 0 Å². The van der Waals surface area contributed by atoms with Crippen LogP contribution in [0.15, 0.2) is 24.3 Å². The van der Waals surface area contributed by atoms with Gasteiger partial charge in [-0.2, -0.15) is 0 Å². The molecule has 1 saturated heterocycles. The summed E-state index contributed by atoms with van der Waals surface area (Å²) in [4.78, 5) is 13.9. The fourth-order valence-corrected chi connectivity index (χ4v) is 4.04. The van der Waals surface area contributed by atoms with Gasteiger partial charge in [0.2, 0.25) is 0 Å². The molecule has 8 heteroatoms. The molecule has 1 atom stereocenters. The second-order valence-corrected chi connectivity index (χ2v) is 6.93. The Labute approximate surface area is 148 Å². The van der Waals surface area contributed by atoms with Crippen molar-refractivity contribution in [1.82, 2.24) is 0 Å². The fraction of sp³-hybridized carbons (Fsp3) is 0.312. The van der Waals surface area contributed by atoms with Gasteiger partial charge in [0.15, 0.2) is 0 Å². The molecule has 3 rings (SSSR count). The second kappa shape index (κ2) is 6.98. The first-order valence-corrected chi connectivity index (χ1v) is 8.67. The molecule has 1 aliphatic rings. The lowest BCUT2D eigenvalue weighted by atomic mass is 9.98. The molecule has 0 radical (unpaired) electrons. The molecule has 1 fully saturated rings. The van der Waals surface area contributed by atoms with E-state index in [1.165, 1.54) is 11.3 Å². The van der Waals surface area contributed by atoms with E-state index in [0.29, 0.717) is 42.6 Å². The van der Waals surface area contributed by atoms with E-state index in [2.05, 4.69) is 0 Å². The molecular formula is C16H18ClN3O3S. The van der Waals surface area contributed by atoms with E-state index >= 15 is 0 Å². The predicted octanol–water partition coefficient (Wildman–Crippen LogP) is 2.57. The Bertz CT molecular complexity index is 742. The zero-order valence-electron chi connectivity index (χ0n) is 12.9. The van der Waals surface area contributed by atoms with Gasteiger partial charge < -0.3 is 26.2 Å². The molecule has 1 unspecified atom stereocenters. The summed E-state index contributed by atoms with van der Waals surface area (Å²) in [7, 11) is 0. The molecule has 1 aromatic heterocycles. The quantitative estimate of drug-likeness (QED) is 0.767. The average Bonchev–Trinajstić information content (AvgIpc) is 2.93. The standard InChI is InChI=1S/C16H18ClN3O3S/c17-10-3-1-9(2-4-10)12(18)11-13(19)15(24-14(11)16(21)22)20-5-7-23-8-6-20/h1-4,12H,5-8,18-19H2,(H,21,22). The summed E-state index contributed by atoms with van der Waals surface area (Å²) in [6.07, 6.45) is 0. The van der Waals surface area contributed by atoms with Crippen LogP contribution in [0.3, 0.4) is 0 Å². The number of nitrogens with two attached hydrogens (primary N) is 2. The Morgan fingerprint density at radius 3 is 2.50 bits per heavy atom. The molecule has 5 N–H and O–H groups in total. The molecule has 2 heterocycles. The minimum atomic E-state index is -1.02. The first-order chi connectivity index (χ1) is 11.5. The average molecular weight is 368 g/mol. The SMILES string of the molecule is Nc1c(N2CCOCC2)sc(C(=O)O)c1C(N)c1ccc(Cl)cc1. The summed E-state index contributed by atoms with van der Waals surface area (Å²) >= 11 is 7.07. The number of hydrogen-bond donors (Lipinski definition) is 3. The monoisotopic (exact) mass is 367 g/mol. The molecule has 6 nitrogen and oxygen atoms in total. The Morgan fingerprint density at radius 2 is 1.92 bits per heavy atom. The maximum Gasteiger partial charge on any atom is 0.346 e. The molecule has 24 heavy (non-hydrogen) atoms. The number of halogens is 1. The van der Waals surface area contributed by atoms with Crippen LogP contribution in [-0.4, -0.2) is 37.4 Å². The number of carboxylic acids is 1. The summed E-state index contributed by atoms with van der Waals surface area (Å²) in [6, 6.07) is 6.39. The lowest BCUT2D eigenvalue weighted by molar-refractivity contribution is 0.0701. The van der Waals surface area contributed by atoms with E-state index in [9.17, 15) is 9.90 Å². The minimum absolute atomic E-state index is 0.177. The van der Waals surface area contributed by atoms with E-state index in [1.807, 2.05) is 4.90 Å². The fourth-order valence-electron chi connectivity index (χ4n) is 2.75. The molecule has 0 spiro atoms. The number of benzene rings is 1. The summed E-state index contributed by atoms with van der Waals surface area (Å²) < 4.78 is 5.34. The van der Waals surface area contributed by atoms with E-state index in [0.717, 1.165) is 10.6 Å². The minimum Gasteiger partial charge on any atom is -0.477 e. The summed E-state index contributed by atoms with van der Waals surface area (Å²) in [5, 5.41) is 10.9. The van der Waals surface area contributed by atoms with Gasteiger partial charge in [-0.1, -0.05) is 23.7 Å². The number of ether oxygens (including phenoxy) is 1. The molecule has 0 aliphatic carbocycles. The van der Waals surface area contributed by atoms with Gasteiger partial charge in [0.05, 0.1) is 24.9 Å². The highest BCUT2D eigenvalue weighted by atomic mass is 35.5. The van der Waals surface area contributed by atoms with Crippen LogP contribution in [0.25, 0.3) is 0 Å². The lowest BCUT2D eigenvalue weighted by Gasteiger charge is -2.28. The van der Waals surface area contributed by atoms with Crippen molar-refractivity contribution in [3.8, 4) is 0 Å². The molecule has 0 bridgehead atoms. The third-order valence-electron chi connectivity index (χ3n) is 4.00. The van der Waals surface area contributed by atoms with E-state index in [-0.39, 0.29) is 4.88 Å². The summed E-state index contributed by atoms with van der Waals surface area (Å²) in [5.74, 6) is -1.02. The maximum atomic E-state index is 11.7. The number of thiophene rings is 1. The first kappa shape index (κ1) is 17.0. The number of rotatable bonds is 4. The third kappa shape index (κ3) is 3.21.